The molecule has 0 aromatic rings. The molecule has 0 aromatic heterocycles. The highest BCUT2D eigenvalue weighted by Gasteiger charge is 2.31. The zero-order valence-corrected chi connectivity index (χ0v) is 13.1. The molecule has 2 aliphatic rings. The molecule has 0 aromatic carbocycles. The van der Waals surface area contributed by atoms with Gasteiger partial charge < -0.3 is 15.0 Å². The fourth-order valence-electron chi connectivity index (χ4n) is 3.10. The molecule has 2 fully saturated rings. The zero-order valence-electron chi connectivity index (χ0n) is 13.1. The summed E-state index contributed by atoms with van der Waals surface area (Å²) in [6, 6.07) is 0.347. The molecule has 0 spiro atoms. The number of nitrogens with zero attached hydrogens (tertiary/aromatic N) is 2. The molecule has 2 unspecified atom stereocenters. The smallest absolute Gasteiger partial charge is 0.239 e. The second kappa shape index (κ2) is 7.38. The summed E-state index contributed by atoms with van der Waals surface area (Å²) in [4.78, 5) is 16.9. The molecule has 2 rings (SSSR count). The molecule has 5 nitrogen and oxygen atoms in total. The molecule has 0 aliphatic carbocycles. The number of nitrogens with one attached hydrogen (secondary N) is 1. The van der Waals surface area contributed by atoms with E-state index in [9.17, 15) is 4.79 Å². The largest absolute Gasteiger partial charge is 0.374 e. The normalized spacial score (nSPS) is 29.2. The van der Waals surface area contributed by atoms with Crippen molar-refractivity contribution in [3.63, 3.8) is 0 Å². The summed E-state index contributed by atoms with van der Waals surface area (Å²) in [5, 5.41) is 3.38. The Bertz CT molecular complexity index is 322. The molecular formula is C15H29N3O2. The van der Waals surface area contributed by atoms with E-state index in [0.29, 0.717) is 6.04 Å². The third-order valence-corrected chi connectivity index (χ3v) is 4.16. The molecule has 1 N–H and O–H groups in total. The van der Waals surface area contributed by atoms with Crippen molar-refractivity contribution < 1.29 is 9.53 Å². The summed E-state index contributed by atoms with van der Waals surface area (Å²) < 4.78 is 5.82. The Morgan fingerprint density at radius 1 is 1.40 bits per heavy atom. The molecular weight excluding hydrogens is 254 g/mol. The second-order valence-electron chi connectivity index (χ2n) is 6.19. The van der Waals surface area contributed by atoms with E-state index in [0.717, 1.165) is 52.2 Å². The van der Waals surface area contributed by atoms with Crippen molar-refractivity contribution in [3.05, 3.63) is 0 Å². The van der Waals surface area contributed by atoms with Gasteiger partial charge in [-0.15, -0.1) is 0 Å². The predicted octanol–water partition coefficient (Wildman–Crippen LogP) is 0.696. The van der Waals surface area contributed by atoms with E-state index in [1.165, 1.54) is 0 Å². The van der Waals surface area contributed by atoms with E-state index >= 15 is 0 Å². The molecule has 5 heteroatoms. The van der Waals surface area contributed by atoms with Crippen molar-refractivity contribution in [3.8, 4) is 0 Å². The van der Waals surface area contributed by atoms with Gasteiger partial charge in [0.05, 0.1) is 18.8 Å². The van der Waals surface area contributed by atoms with E-state index in [1.54, 1.807) is 0 Å². The molecule has 2 saturated heterocycles. The first kappa shape index (κ1) is 15.7. The maximum absolute atomic E-state index is 12.5. The topological polar surface area (TPSA) is 44.8 Å². The van der Waals surface area contributed by atoms with Crippen LogP contribution in [-0.2, 0) is 9.53 Å². The van der Waals surface area contributed by atoms with Crippen molar-refractivity contribution in [2.75, 3.05) is 39.3 Å². The van der Waals surface area contributed by atoms with Crippen LogP contribution in [0.25, 0.3) is 0 Å². The van der Waals surface area contributed by atoms with Gasteiger partial charge in [-0.25, -0.2) is 0 Å². The molecule has 0 bridgehead atoms. The van der Waals surface area contributed by atoms with Crippen molar-refractivity contribution in [2.45, 2.75) is 51.8 Å². The number of morpholine rings is 1. The van der Waals surface area contributed by atoms with Crippen LogP contribution in [0.15, 0.2) is 0 Å². The van der Waals surface area contributed by atoms with Crippen LogP contribution < -0.4 is 5.32 Å². The summed E-state index contributed by atoms with van der Waals surface area (Å²) in [6.45, 7) is 11.8. The number of amides is 1. The van der Waals surface area contributed by atoms with Gasteiger partial charge in [-0.05, 0) is 19.4 Å². The summed E-state index contributed by atoms with van der Waals surface area (Å²) in [6.07, 6.45) is 2.21. The minimum Gasteiger partial charge on any atom is -0.374 e. The number of likely N-dealkylation sites (tertiary alicyclic amines) is 1. The quantitative estimate of drug-likeness (QED) is 0.806. The average Bonchev–Trinajstić information content (AvgIpc) is 2.43. The first-order chi connectivity index (χ1) is 9.60. The van der Waals surface area contributed by atoms with Gasteiger partial charge in [0.1, 0.15) is 0 Å². The molecule has 116 valence electrons. The summed E-state index contributed by atoms with van der Waals surface area (Å²) in [5.74, 6) is 0.252. The number of carbonyl (C=O) groups excluding carboxylic acids is 1. The standard InChI is InChI=1S/C15H29N3O2/c1-4-17-8-9-20-13(10-17)11-18-7-5-6-14(15(18)19)16-12(2)3/h12-14,16H,4-11H2,1-3H3. The van der Waals surface area contributed by atoms with Gasteiger partial charge in [-0.3, -0.25) is 9.69 Å². The Hall–Kier alpha value is -0.650. The van der Waals surface area contributed by atoms with Crippen LogP contribution >= 0.6 is 0 Å². The van der Waals surface area contributed by atoms with Crippen LogP contribution in [0.4, 0.5) is 0 Å². The third kappa shape index (κ3) is 4.17. The minimum atomic E-state index is -0.00498. The molecule has 0 radical (unpaired) electrons. The maximum Gasteiger partial charge on any atom is 0.239 e. The van der Waals surface area contributed by atoms with Gasteiger partial charge in [0.25, 0.3) is 0 Å². The highest BCUT2D eigenvalue weighted by atomic mass is 16.5. The van der Waals surface area contributed by atoms with Crippen molar-refractivity contribution >= 4 is 5.91 Å². The Morgan fingerprint density at radius 3 is 2.90 bits per heavy atom. The number of hydrogen-bond acceptors (Lipinski definition) is 4. The van der Waals surface area contributed by atoms with Crippen molar-refractivity contribution in [1.29, 1.82) is 0 Å². The minimum absolute atomic E-state index is 0.00498. The van der Waals surface area contributed by atoms with Crippen LogP contribution in [0.5, 0.6) is 0 Å². The molecule has 2 aliphatic heterocycles. The van der Waals surface area contributed by atoms with Crippen LogP contribution in [0.1, 0.15) is 33.6 Å². The van der Waals surface area contributed by atoms with Crippen LogP contribution in [-0.4, -0.2) is 73.2 Å². The highest BCUT2D eigenvalue weighted by Crippen LogP contribution is 2.15. The highest BCUT2D eigenvalue weighted by molar-refractivity contribution is 5.82. The molecule has 1 amide bonds. The number of hydrogen-bond donors (Lipinski definition) is 1. The van der Waals surface area contributed by atoms with Gasteiger partial charge in [-0.1, -0.05) is 20.8 Å². The summed E-state index contributed by atoms with van der Waals surface area (Å²) in [7, 11) is 0. The van der Waals surface area contributed by atoms with Crippen molar-refractivity contribution in [2.24, 2.45) is 0 Å². The predicted molar refractivity (Wildman–Crippen MR) is 79.7 cm³/mol. The number of piperidine rings is 1. The second-order valence-corrected chi connectivity index (χ2v) is 6.19. The van der Waals surface area contributed by atoms with Crippen LogP contribution in [0.2, 0.25) is 0 Å². The molecule has 2 atom stereocenters. The zero-order chi connectivity index (χ0) is 14.5. The Morgan fingerprint density at radius 2 is 2.20 bits per heavy atom. The van der Waals surface area contributed by atoms with E-state index in [1.807, 2.05) is 4.90 Å². The SMILES string of the molecule is CCN1CCOC(CN2CCCC(NC(C)C)C2=O)C1. The van der Waals surface area contributed by atoms with E-state index in [-0.39, 0.29) is 18.1 Å². The monoisotopic (exact) mass is 283 g/mol. The fraction of sp³-hybridized carbons (Fsp3) is 0.933. The Labute approximate surface area is 122 Å². The van der Waals surface area contributed by atoms with E-state index < -0.39 is 0 Å². The fourth-order valence-corrected chi connectivity index (χ4v) is 3.10. The molecule has 20 heavy (non-hydrogen) atoms. The van der Waals surface area contributed by atoms with Gasteiger partial charge in [0.2, 0.25) is 5.91 Å². The van der Waals surface area contributed by atoms with Gasteiger partial charge in [0.15, 0.2) is 0 Å². The summed E-state index contributed by atoms with van der Waals surface area (Å²) in [5.41, 5.74) is 0. The van der Waals surface area contributed by atoms with Gasteiger partial charge in [-0.2, -0.15) is 0 Å². The van der Waals surface area contributed by atoms with Gasteiger partial charge >= 0.3 is 0 Å². The number of rotatable bonds is 5. The Kier molecular flexibility index (Phi) is 5.81. The first-order valence-electron chi connectivity index (χ1n) is 7.99. The number of likely N-dealkylation sites (N-methyl/N-ethyl adjacent to an activating group) is 1. The molecule has 2 heterocycles. The maximum atomic E-state index is 12.5. The lowest BCUT2D eigenvalue weighted by Gasteiger charge is -2.38. The first-order valence-corrected chi connectivity index (χ1v) is 7.99. The van der Waals surface area contributed by atoms with Gasteiger partial charge in [0, 0.05) is 32.2 Å². The van der Waals surface area contributed by atoms with E-state index in [2.05, 4.69) is 31.0 Å². The summed E-state index contributed by atoms with van der Waals surface area (Å²) >= 11 is 0. The lowest BCUT2D eigenvalue weighted by molar-refractivity contribution is -0.139. The Balaban J connectivity index is 1.86. The van der Waals surface area contributed by atoms with Crippen molar-refractivity contribution in [1.82, 2.24) is 15.1 Å². The lowest BCUT2D eigenvalue weighted by Crippen LogP contribution is -2.56. The van der Waals surface area contributed by atoms with Crippen LogP contribution in [0.3, 0.4) is 0 Å². The number of carbonyl (C=O) groups is 1. The van der Waals surface area contributed by atoms with E-state index in [4.69, 9.17) is 4.74 Å². The number of ether oxygens (including phenoxy) is 1. The third-order valence-electron chi connectivity index (χ3n) is 4.16. The lowest BCUT2D eigenvalue weighted by atomic mass is 10.0. The van der Waals surface area contributed by atoms with Crippen LogP contribution in [0, 0.1) is 0 Å². The average molecular weight is 283 g/mol. The molecule has 0 saturated carbocycles.